The van der Waals surface area contributed by atoms with Gasteiger partial charge < -0.3 is 15.0 Å². The molecule has 2 N–H and O–H groups in total. The lowest BCUT2D eigenvalue weighted by Crippen LogP contribution is -2.30. The molecule has 0 radical (unpaired) electrons. The van der Waals surface area contributed by atoms with Crippen LogP contribution in [0.4, 0.5) is 5.69 Å². The molecular formula is C24H20ClN3O3. The molecule has 156 valence electrons. The van der Waals surface area contributed by atoms with E-state index in [-0.39, 0.29) is 0 Å². The second-order valence-electron chi connectivity index (χ2n) is 7.23. The topological polar surface area (TPSA) is 84.1 Å². The van der Waals surface area contributed by atoms with Gasteiger partial charge in [0.15, 0.2) is 6.10 Å². The van der Waals surface area contributed by atoms with Crippen molar-refractivity contribution in [3.8, 4) is 11.4 Å². The number of aromatic nitrogens is 2. The Balaban J connectivity index is 1.46. The molecular weight excluding hydrogens is 414 g/mol. The van der Waals surface area contributed by atoms with E-state index in [9.17, 15) is 9.59 Å². The van der Waals surface area contributed by atoms with Crippen LogP contribution in [-0.2, 0) is 9.53 Å². The van der Waals surface area contributed by atoms with Crippen LogP contribution in [0.15, 0.2) is 66.7 Å². The fourth-order valence-electron chi connectivity index (χ4n) is 3.04. The van der Waals surface area contributed by atoms with Crippen LogP contribution in [0, 0.1) is 6.92 Å². The Morgan fingerprint density at radius 2 is 1.74 bits per heavy atom. The minimum atomic E-state index is -0.969. The van der Waals surface area contributed by atoms with Crippen LogP contribution in [0.25, 0.3) is 22.4 Å². The molecule has 0 aliphatic heterocycles. The van der Waals surface area contributed by atoms with Crippen LogP contribution >= 0.6 is 11.6 Å². The van der Waals surface area contributed by atoms with Crippen LogP contribution in [0.1, 0.15) is 22.8 Å². The van der Waals surface area contributed by atoms with E-state index < -0.39 is 18.0 Å². The van der Waals surface area contributed by atoms with Gasteiger partial charge >= 0.3 is 5.97 Å². The van der Waals surface area contributed by atoms with E-state index in [0.717, 1.165) is 16.9 Å². The van der Waals surface area contributed by atoms with Crippen LogP contribution in [-0.4, -0.2) is 27.9 Å². The summed E-state index contributed by atoms with van der Waals surface area (Å²) >= 11 is 5.84. The summed E-state index contributed by atoms with van der Waals surface area (Å²) < 4.78 is 5.34. The van der Waals surface area contributed by atoms with Crippen LogP contribution < -0.4 is 5.32 Å². The Kier molecular flexibility index (Phi) is 5.73. The lowest BCUT2D eigenvalue weighted by atomic mass is 10.1. The van der Waals surface area contributed by atoms with Crippen LogP contribution in [0.2, 0.25) is 5.02 Å². The quantitative estimate of drug-likeness (QED) is 0.414. The molecule has 7 heteroatoms. The molecule has 4 rings (SSSR count). The number of hydrogen-bond acceptors (Lipinski definition) is 4. The smallest absolute Gasteiger partial charge is 0.338 e. The van der Waals surface area contributed by atoms with E-state index in [1.54, 1.807) is 42.5 Å². The van der Waals surface area contributed by atoms with Crippen molar-refractivity contribution in [3.05, 3.63) is 82.9 Å². The molecule has 31 heavy (non-hydrogen) atoms. The van der Waals surface area contributed by atoms with Crippen molar-refractivity contribution in [2.75, 3.05) is 5.32 Å². The molecule has 6 nitrogen and oxygen atoms in total. The fourth-order valence-corrected chi connectivity index (χ4v) is 3.17. The van der Waals surface area contributed by atoms with Crippen molar-refractivity contribution < 1.29 is 14.3 Å². The maximum absolute atomic E-state index is 12.6. The van der Waals surface area contributed by atoms with Gasteiger partial charge in [-0.25, -0.2) is 9.78 Å². The highest BCUT2D eigenvalue weighted by atomic mass is 35.5. The molecule has 4 aromatic rings. The van der Waals surface area contributed by atoms with Gasteiger partial charge in [0.1, 0.15) is 5.82 Å². The monoisotopic (exact) mass is 433 g/mol. The Hall–Kier alpha value is -3.64. The number of ether oxygens (including phenoxy) is 1. The largest absolute Gasteiger partial charge is 0.449 e. The summed E-state index contributed by atoms with van der Waals surface area (Å²) in [6, 6.07) is 19.7. The number of benzene rings is 3. The number of rotatable bonds is 5. The molecule has 0 fully saturated rings. The number of nitrogens with zero attached hydrogens (tertiary/aromatic N) is 1. The number of fused-ring (bicyclic) bond motifs is 1. The number of H-pyrrole nitrogens is 1. The van der Waals surface area contributed by atoms with Gasteiger partial charge in [0.25, 0.3) is 5.91 Å². The van der Waals surface area contributed by atoms with E-state index in [0.29, 0.717) is 21.8 Å². The first-order valence-corrected chi connectivity index (χ1v) is 10.1. The van der Waals surface area contributed by atoms with E-state index in [2.05, 4.69) is 15.3 Å². The zero-order chi connectivity index (χ0) is 22.0. The van der Waals surface area contributed by atoms with Gasteiger partial charge in [-0.05, 0) is 56.3 Å². The molecule has 3 aromatic carbocycles. The van der Waals surface area contributed by atoms with Gasteiger partial charge in [-0.1, -0.05) is 41.4 Å². The van der Waals surface area contributed by atoms with Gasteiger partial charge in [0, 0.05) is 16.3 Å². The molecule has 1 aromatic heterocycles. The molecule has 0 aliphatic carbocycles. The molecule has 0 spiro atoms. The molecule has 0 saturated carbocycles. The number of amides is 1. The maximum atomic E-state index is 12.6. The summed E-state index contributed by atoms with van der Waals surface area (Å²) in [6.45, 7) is 3.55. The normalized spacial score (nSPS) is 11.8. The third-order valence-electron chi connectivity index (χ3n) is 4.81. The highest BCUT2D eigenvalue weighted by Gasteiger charge is 2.20. The Morgan fingerprint density at radius 1 is 1.03 bits per heavy atom. The Bertz CT molecular complexity index is 1250. The lowest BCUT2D eigenvalue weighted by molar-refractivity contribution is -0.123. The number of imidazole rings is 1. The second-order valence-corrected chi connectivity index (χ2v) is 7.66. The SMILES string of the molecule is Cc1ccc(-c2nc3ccc(C(=O)OC(C)C(=O)Nc4ccc(Cl)cc4)cc3[nH]2)cc1. The second kappa shape index (κ2) is 8.62. The summed E-state index contributed by atoms with van der Waals surface area (Å²) in [5, 5.41) is 3.26. The predicted octanol–water partition coefficient (Wildman–Crippen LogP) is 5.38. The summed E-state index contributed by atoms with van der Waals surface area (Å²) in [5.74, 6) is -0.302. The lowest BCUT2D eigenvalue weighted by Gasteiger charge is -2.13. The zero-order valence-corrected chi connectivity index (χ0v) is 17.7. The summed E-state index contributed by atoms with van der Waals surface area (Å²) in [6.07, 6.45) is -0.969. The molecule has 0 bridgehead atoms. The van der Waals surface area contributed by atoms with Crippen molar-refractivity contribution in [1.29, 1.82) is 0 Å². The van der Waals surface area contributed by atoms with Gasteiger partial charge in [-0.15, -0.1) is 0 Å². The minimum absolute atomic E-state index is 0.331. The number of halogens is 1. The number of aromatic amines is 1. The number of aryl methyl sites for hydroxylation is 1. The molecule has 1 amide bonds. The van der Waals surface area contributed by atoms with Crippen molar-refractivity contribution in [2.24, 2.45) is 0 Å². The van der Waals surface area contributed by atoms with Gasteiger partial charge in [-0.2, -0.15) is 0 Å². The number of anilines is 1. The highest BCUT2D eigenvalue weighted by Crippen LogP contribution is 2.22. The number of hydrogen-bond donors (Lipinski definition) is 2. The standard InChI is InChI=1S/C24H20ClN3O3/c1-14-3-5-16(6-4-14)22-27-20-12-7-17(13-21(20)28-22)24(30)31-15(2)23(29)26-19-10-8-18(25)9-11-19/h3-13,15H,1-2H3,(H,26,29)(H,27,28). The summed E-state index contributed by atoms with van der Waals surface area (Å²) in [4.78, 5) is 32.7. The van der Waals surface area contributed by atoms with Gasteiger partial charge in [-0.3, -0.25) is 4.79 Å². The predicted molar refractivity (Wildman–Crippen MR) is 121 cm³/mol. The van der Waals surface area contributed by atoms with E-state index in [1.165, 1.54) is 12.5 Å². The minimum Gasteiger partial charge on any atom is -0.449 e. The van der Waals surface area contributed by atoms with Gasteiger partial charge in [0.2, 0.25) is 0 Å². The maximum Gasteiger partial charge on any atom is 0.338 e. The van der Waals surface area contributed by atoms with E-state index >= 15 is 0 Å². The molecule has 0 aliphatic rings. The Morgan fingerprint density at radius 3 is 2.45 bits per heavy atom. The van der Waals surface area contributed by atoms with E-state index in [4.69, 9.17) is 16.3 Å². The van der Waals surface area contributed by atoms with Crippen molar-refractivity contribution >= 4 is 40.2 Å². The van der Waals surface area contributed by atoms with E-state index in [1.807, 2.05) is 31.2 Å². The fraction of sp³-hybridized carbons (Fsp3) is 0.125. The average Bonchev–Trinajstić information content (AvgIpc) is 3.19. The molecule has 0 saturated heterocycles. The first-order chi connectivity index (χ1) is 14.9. The molecule has 1 atom stereocenters. The number of esters is 1. The molecule has 1 unspecified atom stereocenters. The average molecular weight is 434 g/mol. The highest BCUT2D eigenvalue weighted by molar-refractivity contribution is 6.30. The first-order valence-electron chi connectivity index (χ1n) is 9.73. The number of nitrogens with one attached hydrogen (secondary N) is 2. The summed E-state index contributed by atoms with van der Waals surface area (Å²) in [7, 11) is 0. The number of carbonyl (C=O) groups excluding carboxylic acids is 2. The van der Waals surface area contributed by atoms with Crippen LogP contribution in [0.3, 0.4) is 0 Å². The third kappa shape index (κ3) is 4.75. The van der Waals surface area contributed by atoms with Crippen molar-refractivity contribution in [2.45, 2.75) is 20.0 Å². The zero-order valence-electron chi connectivity index (χ0n) is 17.0. The van der Waals surface area contributed by atoms with Crippen molar-refractivity contribution in [1.82, 2.24) is 9.97 Å². The Labute approximate surface area is 184 Å². The molecule has 1 heterocycles. The first kappa shape index (κ1) is 20.6. The summed E-state index contributed by atoms with van der Waals surface area (Å²) in [5.41, 5.74) is 4.47. The van der Waals surface area contributed by atoms with Gasteiger partial charge in [0.05, 0.1) is 16.6 Å². The number of carbonyl (C=O) groups is 2. The van der Waals surface area contributed by atoms with Crippen LogP contribution in [0.5, 0.6) is 0 Å². The third-order valence-corrected chi connectivity index (χ3v) is 5.06. The van der Waals surface area contributed by atoms with Crippen molar-refractivity contribution in [3.63, 3.8) is 0 Å².